The van der Waals surface area contributed by atoms with Gasteiger partial charge in [-0.1, -0.05) is 0 Å². The van der Waals surface area contributed by atoms with E-state index in [1.165, 1.54) is 0 Å². The molecule has 0 saturated heterocycles. The molecule has 0 bridgehead atoms. The molecule has 1 aromatic carbocycles. The van der Waals surface area contributed by atoms with Crippen molar-refractivity contribution < 1.29 is 13.9 Å². The molecule has 0 radical (unpaired) electrons. The molecule has 1 aromatic heterocycles. The first kappa shape index (κ1) is 17.8. The Labute approximate surface area is 140 Å². The molecule has 0 fully saturated rings. The van der Waals surface area contributed by atoms with Gasteiger partial charge in [0.1, 0.15) is 5.60 Å². The smallest absolute Gasteiger partial charge is 0.348 e. The number of aromatic nitrogens is 1. The van der Waals surface area contributed by atoms with Gasteiger partial charge in [-0.05, 0) is 51.8 Å². The lowest BCUT2D eigenvalue weighted by Gasteiger charge is -2.19. The normalized spacial score (nSPS) is 11.5. The SMILES string of the molecule is Cc1cc(N)cc2nc(NCCCC(=O)OC(C)(C)C)oc(=O)c12. The van der Waals surface area contributed by atoms with Gasteiger partial charge in [0, 0.05) is 18.7 Å². The van der Waals surface area contributed by atoms with Gasteiger partial charge in [-0.15, -0.1) is 0 Å². The molecule has 24 heavy (non-hydrogen) atoms. The van der Waals surface area contributed by atoms with Crippen molar-refractivity contribution in [3.8, 4) is 0 Å². The van der Waals surface area contributed by atoms with Gasteiger partial charge in [-0.2, -0.15) is 4.98 Å². The number of ether oxygens (including phenoxy) is 1. The van der Waals surface area contributed by atoms with Crippen molar-refractivity contribution in [3.63, 3.8) is 0 Å². The maximum Gasteiger partial charge on any atom is 0.348 e. The van der Waals surface area contributed by atoms with Crippen LogP contribution in [0.2, 0.25) is 0 Å². The monoisotopic (exact) mass is 333 g/mol. The fourth-order valence-corrected chi connectivity index (χ4v) is 2.32. The van der Waals surface area contributed by atoms with Crippen LogP contribution in [-0.4, -0.2) is 23.1 Å². The zero-order valence-corrected chi connectivity index (χ0v) is 14.4. The van der Waals surface area contributed by atoms with E-state index >= 15 is 0 Å². The summed E-state index contributed by atoms with van der Waals surface area (Å²) in [5.74, 6) is -0.263. The van der Waals surface area contributed by atoms with Crippen LogP contribution in [0.4, 0.5) is 11.7 Å². The third-order valence-electron chi connectivity index (χ3n) is 3.21. The second-order valence-electron chi connectivity index (χ2n) is 6.66. The lowest BCUT2D eigenvalue weighted by atomic mass is 10.1. The van der Waals surface area contributed by atoms with Crippen molar-refractivity contribution in [2.45, 2.75) is 46.1 Å². The zero-order chi connectivity index (χ0) is 17.9. The Bertz CT molecular complexity index is 806. The van der Waals surface area contributed by atoms with E-state index in [0.717, 1.165) is 5.56 Å². The van der Waals surface area contributed by atoms with Gasteiger partial charge in [-0.3, -0.25) is 4.79 Å². The largest absolute Gasteiger partial charge is 0.460 e. The van der Waals surface area contributed by atoms with Crippen LogP contribution in [0.1, 0.15) is 39.2 Å². The Hall–Kier alpha value is -2.57. The van der Waals surface area contributed by atoms with Gasteiger partial charge in [0.2, 0.25) is 0 Å². The third-order valence-corrected chi connectivity index (χ3v) is 3.21. The molecular formula is C17H23N3O4. The molecule has 0 amide bonds. The summed E-state index contributed by atoms with van der Waals surface area (Å²) in [6.45, 7) is 7.69. The summed E-state index contributed by atoms with van der Waals surface area (Å²) >= 11 is 0. The van der Waals surface area contributed by atoms with Crippen molar-refractivity contribution >= 4 is 28.6 Å². The number of benzene rings is 1. The first-order chi connectivity index (χ1) is 11.2. The molecule has 2 aromatic rings. The number of carbonyl (C=O) groups is 1. The number of nitrogens with one attached hydrogen (secondary N) is 1. The van der Waals surface area contributed by atoms with E-state index in [0.29, 0.717) is 29.6 Å². The molecule has 3 N–H and O–H groups in total. The van der Waals surface area contributed by atoms with E-state index in [1.807, 2.05) is 20.8 Å². The zero-order valence-electron chi connectivity index (χ0n) is 14.4. The minimum absolute atomic E-state index is 0.113. The lowest BCUT2D eigenvalue weighted by molar-refractivity contribution is -0.154. The Morgan fingerprint density at radius 2 is 2.08 bits per heavy atom. The second kappa shape index (κ2) is 6.90. The van der Waals surface area contributed by atoms with Gasteiger partial charge < -0.3 is 20.2 Å². The molecule has 0 aliphatic rings. The summed E-state index contributed by atoms with van der Waals surface area (Å²) in [4.78, 5) is 27.9. The number of hydrogen-bond acceptors (Lipinski definition) is 7. The Balaban J connectivity index is 1.99. The van der Waals surface area contributed by atoms with Gasteiger partial charge in [-0.25, -0.2) is 4.79 Å². The molecule has 1 heterocycles. The maximum absolute atomic E-state index is 12.1. The minimum atomic E-state index is -0.491. The van der Waals surface area contributed by atoms with Crippen molar-refractivity contribution in [2.24, 2.45) is 0 Å². The number of hydrogen-bond donors (Lipinski definition) is 2. The summed E-state index contributed by atoms with van der Waals surface area (Å²) < 4.78 is 10.4. The number of nitrogen functional groups attached to an aromatic ring is 1. The average molecular weight is 333 g/mol. The first-order valence-electron chi connectivity index (χ1n) is 7.82. The van der Waals surface area contributed by atoms with E-state index in [-0.39, 0.29) is 18.4 Å². The highest BCUT2D eigenvalue weighted by Gasteiger charge is 2.15. The third kappa shape index (κ3) is 4.71. The molecule has 0 aliphatic heterocycles. The van der Waals surface area contributed by atoms with Gasteiger partial charge in [0.25, 0.3) is 6.01 Å². The lowest BCUT2D eigenvalue weighted by Crippen LogP contribution is -2.24. The van der Waals surface area contributed by atoms with E-state index in [1.54, 1.807) is 19.1 Å². The molecule has 0 atom stereocenters. The first-order valence-corrected chi connectivity index (χ1v) is 7.82. The summed E-state index contributed by atoms with van der Waals surface area (Å²) in [7, 11) is 0. The predicted molar refractivity (Wildman–Crippen MR) is 93.0 cm³/mol. The summed E-state index contributed by atoms with van der Waals surface area (Å²) in [5.41, 5.74) is 6.57. The number of anilines is 2. The Morgan fingerprint density at radius 3 is 2.75 bits per heavy atom. The van der Waals surface area contributed by atoms with Crippen LogP contribution in [0.5, 0.6) is 0 Å². The van der Waals surface area contributed by atoms with E-state index in [9.17, 15) is 9.59 Å². The Morgan fingerprint density at radius 1 is 1.38 bits per heavy atom. The number of nitrogens with zero attached hydrogens (tertiary/aromatic N) is 1. The number of rotatable bonds is 5. The fourth-order valence-electron chi connectivity index (χ4n) is 2.32. The summed E-state index contributed by atoms with van der Waals surface area (Å²) in [6.07, 6.45) is 0.808. The van der Waals surface area contributed by atoms with Crippen LogP contribution in [0, 0.1) is 6.92 Å². The van der Waals surface area contributed by atoms with E-state index in [2.05, 4.69) is 10.3 Å². The van der Waals surface area contributed by atoms with Crippen molar-refractivity contribution in [1.82, 2.24) is 4.98 Å². The molecule has 0 aliphatic carbocycles. The molecule has 130 valence electrons. The van der Waals surface area contributed by atoms with Crippen LogP contribution in [-0.2, 0) is 9.53 Å². The van der Waals surface area contributed by atoms with Crippen molar-refractivity contribution in [3.05, 3.63) is 28.1 Å². The van der Waals surface area contributed by atoms with Gasteiger partial charge in [0.05, 0.1) is 10.9 Å². The molecule has 7 heteroatoms. The topological polar surface area (TPSA) is 107 Å². The summed E-state index contributed by atoms with van der Waals surface area (Å²) in [6, 6.07) is 3.45. The van der Waals surface area contributed by atoms with Crippen LogP contribution < -0.4 is 16.7 Å². The quantitative estimate of drug-likeness (QED) is 0.492. The van der Waals surface area contributed by atoms with Crippen LogP contribution in [0.15, 0.2) is 21.3 Å². The number of esters is 1. The number of fused-ring (bicyclic) bond motifs is 1. The molecule has 0 unspecified atom stereocenters. The standard InChI is InChI=1S/C17H23N3O4/c1-10-8-11(18)9-12-14(10)15(22)23-16(20-12)19-7-5-6-13(21)24-17(2,3)4/h8-9H,5-7,18H2,1-4H3,(H,19,20). The van der Waals surface area contributed by atoms with E-state index in [4.69, 9.17) is 14.9 Å². The van der Waals surface area contributed by atoms with Crippen molar-refractivity contribution in [1.29, 1.82) is 0 Å². The highest BCUT2D eigenvalue weighted by Crippen LogP contribution is 2.19. The van der Waals surface area contributed by atoms with Crippen LogP contribution >= 0.6 is 0 Å². The Kier molecular flexibility index (Phi) is 5.11. The van der Waals surface area contributed by atoms with Gasteiger partial charge in [0.15, 0.2) is 0 Å². The predicted octanol–water partition coefficient (Wildman–Crippen LogP) is 2.61. The minimum Gasteiger partial charge on any atom is -0.460 e. The molecule has 2 rings (SSSR count). The molecule has 0 saturated carbocycles. The maximum atomic E-state index is 12.1. The highest BCUT2D eigenvalue weighted by molar-refractivity contribution is 5.84. The number of nitrogens with two attached hydrogens (primary N) is 1. The second-order valence-corrected chi connectivity index (χ2v) is 6.66. The molecular weight excluding hydrogens is 310 g/mol. The van der Waals surface area contributed by atoms with Crippen LogP contribution in [0.25, 0.3) is 10.9 Å². The highest BCUT2D eigenvalue weighted by atomic mass is 16.6. The average Bonchev–Trinajstić information content (AvgIpc) is 2.40. The number of aryl methyl sites for hydroxylation is 1. The molecule has 0 spiro atoms. The van der Waals surface area contributed by atoms with Crippen LogP contribution in [0.3, 0.4) is 0 Å². The van der Waals surface area contributed by atoms with E-state index < -0.39 is 11.2 Å². The summed E-state index contributed by atoms with van der Waals surface area (Å²) in [5, 5.41) is 3.33. The molecule has 7 nitrogen and oxygen atoms in total. The fraction of sp³-hybridized carbons (Fsp3) is 0.471. The van der Waals surface area contributed by atoms with Gasteiger partial charge >= 0.3 is 11.6 Å². The number of carbonyl (C=O) groups excluding carboxylic acids is 1. The van der Waals surface area contributed by atoms with Crippen molar-refractivity contribution in [2.75, 3.05) is 17.6 Å².